The number of amides is 1. The molecule has 8 nitrogen and oxygen atoms in total. The number of fused-ring (bicyclic) bond motifs is 1. The van der Waals surface area contributed by atoms with Gasteiger partial charge in [0.15, 0.2) is 5.65 Å². The molecule has 0 radical (unpaired) electrons. The van der Waals surface area contributed by atoms with Gasteiger partial charge in [-0.3, -0.25) is 9.20 Å². The third-order valence-electron chi connectivity index (χ3n) is 5.00. The van der Waals surface area contributed by atoms with Gasteiger partial charge in [-0.25, -0.2) is 12.7 Å². The minimum absolute atomic E-state index is 0.0305. The van der Waals surface area contributed by atoms with Crippen LogP contribution in [-0.4, -0.2) is 58.6 Å². The van der Waals surface area contributed by atoms with Crippen molar-refractivity contribution >= 4 is 21.6 Å². The van der Waals surface area contributed by atoms with E-state index in [0.717, 1.165) is 12.8 Å². The van der Waals surface area contributed by atoms with Crippen LogP contribution in [0.25, 0.3) is 5.65 Å². The summed E-state index contributed by atoms with van der Waals surface area (Å²) in [6.45, 7) is 4.96. The molecule has 2 aromatic rings. The second-order valence-corrected chi connectivity index (χ2v) is 8.78. The lowest BCUT2D eigenvalue weighted by Crippen LogP contribution is -2.33. The second kappa shape index (κ2) is 7.32. The number of hydrogen-bond donors (Lipinski definition) is 1. The highest BCUT2D eigenvalue weighted by molar-refractivity contribution is 7.88. The largest absolute Gasteiger partial charge is 0.349 e. The molecule has 1 aliphatic heterocycles. The van der Waals surface area contributed by atoms with E-state index in [2.05, 4.69) is 15.5 Å². The number of pyridine rings is 1. The maximum Gasteiger partial charge on any atom is 0.252 e. The molecular formula is C17H25N5O3S. The van der Waals surface area contributed by atoms with E-state index < -0.39 is 10.0 Å². The van der Waals surface area contributed by atoms with Gasteiger partial charge in [0.2, 0.25) is 10.0 Å². The predicted molar refractivity (Wildman–Crippen MR) is 98.6 cm³/mol. The first-order valence-corrected chi connectivity index (χ1v) is 10.8. The van der Waals surface area contributed by atoms with E-state index in [4.69, 9.17) is 0 Å². The number of nitrogens with zero attached hydrogens (tertiary/aromatic N) is 4. The molecule has 0 unspecified atom stereocenters. The third kappa shape index (κ3) is 3.73. The molecule has 1 atom stereocenters. The van der Waals surface area contributed by atoms with E-state index in [-0.39, 0.29) is 17.9 Å². The van der Waals surface area contributed by atoms with Gasteiger partial charge in [0.05, 0.1) is 11.8 Å². The zero-order chi connectivity index (χ0) is 18.9. The van der Waals surface area contributed by atoms with Crippen molar-refractivity contribution in [1.29, 1.82) is 0 Å². The summed E-state index contributed by atoms with van der Waals surface area (Å²) >= 11 is 0. The molecule has 0 bridgehead atoms. The topological polar surface area (TPSA) is 96.7 Å². The maximum atomic E-state index is 12.5. The van der Waals surface area contributed by atoms with Gasteiger partial charge >= 0.3 is 0 Å². The Morgan fingerprint density at radius 3 is 2.65 bits per heavy atom. The van der Waals surface area contributed by atoms with E-state index in [1.807, 2.05) is 13.8 Å². The van der Waals surface area contributed by atoms with Gasteiger partial charge < -0.3 is 5.32 Å². The van der Waals surface area contributed by atoms with Gasteiger partial charge in [0.25, 0.3) is 5.91 Å². The smallest absolute Gasteiger partial charge is 0.252 e. The molecule has 1 aliphatic rings. The summed E-state index contributed by atoms with van der Waals surface area (Å²) in [4.78, 5) is 12.5. The molecule has 142 valence electrons. The fourth-order valence-corrected chi connectivity index (χ4v) is 4.21. The third-order valence-corrected chi connectivity index (χ3v) is 6.27. The Morgan fingerprint density at radius 2 is 2.04 bits per heavy atom. The number of carbonyl (C=O) groups is 1. The fraction of sp³-hybridized carbons (Fsp3) is 0.588. The van der Waals surface area contributed by atoms with E-state index >= 15 is 0 Å². The Kier molecular flexibility index (Phi) is 5.29. The molecule has 1 fully saturated rings. The van der Waals surface area contributed by atoms with Crippen LogP contribution < -0.4 is 5.32 Å². The molecule has 26 heavy (non-hydrogen) atoms. The Hall–Kier alpha value is -2.00. The fourth-order valence-electron chi connectivity index (χ4n) is 3.32. The monoisotopic (exact) mass is 379 g/mol. The minimum Gasteiger partial charge on any atom is -0.349 e. The number of hydrogen-bond acceptors (Lipinski definition) is 5. The van der Waals surface area contributed by atoms with Gasteiger partial charge in [-0.05, 0) is 31.4 Å². The number of rotatable bonds is 6. The zero-order valence-electron chi connectivity index (χ0n) is 15.3. The molecule has 0 saturated carbocycles. The lowest BCUT2D eigenvalue weighted by Gasteiger charge is -2.15. The Labute approximate surface area is 153 Å². The van der Waals surface area contributed by atoms with Crippen LogP contribution in [0.5, 0.6) is 0 Å². The van der Waals surface area contributed by atoms with Crippen LogP contribution in [-0.2, 0) is 10.0 Å². The lowest BCUT2D eigenvalue weighted by atomic mass is 10.1. The first-order valence-electron chi connectivity index (χ1n) is 8.94. The predicted octanol–water partition coefficient (Wildman–Crippen LogP) is 1.40. The van der Waals surface area contributed by atoms with Crippen LogP contribution in [0.2, 0.25) is 0 Å². The quantitative estimate of drug-likeness (QED) is 0.818. The van der Waals surface area contributed by atoms with Crippen molar-refractivity contribution in [2.75, 3.05) is 19.3 Å². The van der Waals surface area contributed by atoms with E-state index in [1.165, 1.54) is 10.6 Å². The number of carbonyl (C=O) groups excluding carboxylic acids is 1. The van der Waals surface area contributed by atoms with Gasteiger partial charge in [-0.15, -0.1) is 10.2 Å². The zero-order valence-corrected chi connectivity index (χ0v) is 16.2. The van der Waals surface area contributed by atoms with Crippen LogP contribution in [0.15, 0.2) is 18.3 Å². The normalized spacial score (nSPS) is 18.7. The molecule has 0 aliphatic carbocycles. The van der Waals surface area contributed by atoms with Crippen molar-refractivity contribution in [2.45, 2.75) is 45.1 Å². The second-order valence-electron chi connectivity index (χ2n) is 6.80. The average Bonchev–Trinajstić information content (AvgIpc) is 3.24. The van der Waals surface area contributed by atoms with Crippen molar-refractivity contribution in [3.8, 4) is 0 Å². The Morgan fingerprint density at radius 1 is 1.31 bits per heavy atom. The first kappa shape index (κ1) is 18.8. The summed E-state index contributed by atoms with van der Waals surface area (Å²) in [5.74, 6) is 0.546. The minimum atomic E-state index is -3.21. The summed E-state index contributed by atoms with van der Waals surface area (Å²) in [5.41, 5.74) is 1.19. The number of nitrogens with one attached hydrogen (secondary N) is 1. The van der Waals surface area contributed by atoms with Gasteiger partial charge in [0.1, 0.15) is 5.82 Å². The first-order chi connectivity index (χ1) is 12.3. The van der Waals surface area contributed by atoms with Crippen molar-refractivity contribution in [2.24, 2.45) is 0 Å². The van der Waals surface area contributed by atoms with Crippen LogP contribution in [0.3, 0.4) is 0 Å². The summed E-state index contributed by atoms with van der Waals surface area (Å²) in [5, 5.41) is 11.4. The number of aromatic nitrogens is 3. The highest BCUT2D eigenvalue weighted by Crippen LogP contribution is 2.27. The molecule has 3 heterocycles. The van der Waals surface area contributed by atoms with Gasteiger partial charge in [0, 0.05) is 31.2 Å². The molecule has 0 spiro atoms. The highest BCUT2D eigenvalue weighted by atomic mass is 32.2. The van der Waals surface area contributed by atoms with Gasteiger partial charge in [-0.2, -0.15) is 0 Å². The summed E-state index contributed by atoms with van der Waals surface area (Å²) in [6.07, 6.45) is 5.42. The molecule has 1 amide bonds. The van der Waals surface area contributed by atoms with Crippen LogP contribution in [0.1, 0.15) is 55.2 Å². The summed E-state index contributed by atoms with van der Waals surface area (Å²) < 4.78 is 26.8. The van der Waals surface area contributed by atoms with Crippen molar-refractivity contribution in [1.82, 2.24) is 24.2 Å². The lowest BCUT2D eigenvalue weighted by molar-refractivity contribution is 0.0934. The van der Waals surface area contributed by atoms with Crippen molar-refractivity contribution in [3.63, 3.8) is 0 Å². The standard InChI is InChI=1S/C17H25N5O3S/c1-4-14(5-2)18-17(23)13-6-7-15-19-20-16(22(15)11-13)12-8-9-21(10-12)26(3,24)25/h6-7,11-12,14H,4-5,8-10H2,1-3H3,(H,18,23)/t12-/m0/s1. The average molecular weight is 379 g/mol. The maximum absolute atomic E-state index is 12.5. The molecule has 1 saturated heterocycles. The van der Waals surface area contributed by atoms with E-state index in [9.17, 15) is 13.2 Å². The van der Waals surface area contributed by atoms with E-state index in [0.29, 0.717) is 36.5 Å². The molecular weight excluding hydrogens is 354 g/mol. The molecule has 0 aromatic carbocycles. The van der Waals surface area contributed by atoms with Crippen LogP contribution in [0.4, 0.5) is 0 Å². The Bertz CT molecular complexity index is 904. The van der Waals surface area contributed by atoms with Gasteiger partial charge in [-0.1, -0.05) is 13.8 Å². The van der Waals surface area contributed by atoms with Crippen molar-refractivity contribution < 1.29 is 13.2 Å². The van der Waals surface area contributed by atoms with Crippen LogP contribution in [0, 0.1) is 0 Å². The highest BCUT2D eigenvalue weighted by Gasteiger charge is 2.32. The summed E-state index contributed by atoms with van der Waals surface area (Å²) in [7, 11) is -3.21. The Balaban J connectivity index is 1.86. The SMILES string of the molecule is CCC(CC)NC(=O)c1ccc2nnc([C@H]3CCN(S(C)(=O)=O)C3)n2c1. The van der Waals surface area contributed by atoms with Crippen molar-refractivity contribution in [3.05, 3.63) is 29.7 Å². The summed E-state index contributed by atoms with van der Waals surface area (Å²) in [6, 6.07) is 3.65. The van der Waals surface area contributed by atoms with Crippen LogP contribution >= 0.6 is 0 Å². The van der Waals surface area contributed by atoms with E-state index in [1.54, 1.807) is 22.7 Å². The molecule has 3 rings (SSSR count). The molecule has 2 aromatic heterocycles. The molecule has 9 heteroatoms. The number of sulfonamides is 1. The molecule has 1 N–H and O–H groups in total.